The molecule has 0 spiro atoms. The lowest BCUT2D eigenvalue weighted by Gasteiger charge is -2.05. The summed E-state index contributed by atoms with van der Waals surface area (Å²) in [5, 5.41) is 10.5. The number of nitrogens with zero attached hydrogens (tertiary/aromatic N) is 1. The molecule has 1 saturated carbocycles. The fourth-order valence-electron chi connectivity index (χ4n) is 3.28. The van der Waals surface area contributed by atoms with Gasteiger partial charge < -0.3 is 9.67 Å². The Morgan fingerprint density at radius 3 is 2.67 bits per heavy atom. The first kappa shape index (κ1) is 11.3. The lowest BCUT2D eigenvalue weighted by Crippen LogP contribution is -2.03. The second-order valence-electron chi connectivity index (χ2n) is 5.82. The molecule has 18 heavy (non-hydrogen) atoms. The number of aryl methyl sites for hydroxylation is 1. The predicted octanol–water partition coefficient (Wildman–Crippen LogP) is 3.00. The lowest BCUT2D eigenvalue weighted by molar-refractivity contribution is -0.139. The summed E-state index contributed by atoms with van der Waals surface area (Å²) < 4.78 is 2.07. The molecule has 3 heteroatoms. The summed E-state index contributed by atoms with van der Waals surface area (Å²) >= 11 is 0. The maximum atomic E-state index is 11.3. The number of fused-ring (bicyclic) bond motifs is 1. The fraction of sp³-hybridized carbons (Fsp3) is 0.400. The number of hydrogen-bond donors (Lipinski definition) is 1. The van der Waals surface area contributed by atoms with Crippen molar-refractivity contribution in [1.82, 2.24) is 4.57 Å². The average Bonchev–Trinajstić information content (AvgIpc) is 2.67. The molecule has 1 aliphatic rings. The molecule has 94 valence electrons. The first-order valence-electron chi connectivity index (χ1n) is 6.21. The highest BCUT2D eigenvalue weighted by Gasteiger charge is 2.62. The second kappa shape index (κ2) is 3.37. The van der Waals surface area contributed by atoms with Crippen LogP contribution in [0, 0.1) is 11.3 Å². The summed E-state index contributed by atoms with van der Waals surface area (Å²) in [6, 6.07) is 8.24. The van der Waals surface area contributed by atoms with Crippen LogP contribution in [-0.4, -0.2) is 15.6 Å². The first-order chi connectivity index (χ1) is 8.44. The Bertz CT molecular complexity index is 639. The van der Waals surface area contributed by atoms with E-state index in [0.29, 0.717) is 0 Å². The number of rotatable bonds is 2. The molecule has 3 rings (SSSR count). The highest BCUT2D eigenvalue weighted by atomic mass is 16.4. The van der Waals surface area contributed by atoms with Crippen molar-refractivity contribution >= 4 is 16.9 Å². The van der Waals surface area contributed by atoms with Crippen LogP contribution >= 0.6 is 0 Å². The van der Waals surface area contributed by atoms with E-state index in [4.69, 9.17) is 0 Å². The third-order valence-electron chi connectivity index (χ3n) is 4.39. The molecular formula is C15H17NO2. The Balaban J connectivity index is 2.14. The summed E-state index contributed by atoms with van der Waals surface area (Å²) in [5.74, 6) is -0.817. The molecule has 1 aromatic heterocycles. The highest BCUT2D eigenvalue weighted by Crippen LogP contribution is 2.65. The van der Waals surface area contributed by atoms with E-state index >= 15 is 0 Å². The van der Waals surface area contributed by atoms with Crippen molar-refractivity contribution in [2.75, 3.05) is 0 Å². The van der Waals surface area contributed by atoms with Crippen LogP contribution in [0.2, 0.25) is 0 Å². The van der Waals surface area contributed by atoms with Crippen LogP contribution in [0.4, 0.5) is 0 Å². The molecule has 3 nitrogen and oxygen atoms in total. The van der Waals surface area contributed by atoms with E-state index in [9.17, 15) is 9.90 Å². The van der Waals surface area contributed by atoms with Gasteiger partial charge in [-0.3, -0.25) is 4.79 Å². The Hall–Kier alpha value is -1.77. The van der Waals surface area contributed by atoms with E-state index in [1.165, 1.54) is 16.5 Å². The number of hydrogen-bond acceptors (Lipinski definition) is 1. The molecule has 0 unspecified atom stereocenters. The molecule has 0 amide bonds. The Labute approximate surface area is 106 Å². The lowest BCUT2D eigenvalue weighted by atomic mass is 10.00. The van der Waals surface area contributed by atoms with Gasteiger partial charge in [0.25, 0.3) is 0 Å². The van der Waals surface area contributed by atoms with Crippen molar-refractivity contribution in [1.29, 1.82) is 0 Å². The van der Waals surface area contributed by atoms with Gasteiger partial charge in [0.2, 0.25) is 0 Å². The van der Waals surface area contributed by atoms with Crippen molar-refractivity contribution in [3.63, 3.8) is 0 Å². The zero-order valence-corrected chi connectivity index (χ0v) is 10.8. The van der Waals surface area contributed by atoms with E-state index in [1.807, 2.05) is 33.2 Å². The SMILES string of the molecule is Cn1ccc2c([C@@H]3[C@@H](C(=O)O)C3(C)C)cccc21. The number of carbonyl (C=O) groups is 1. The number of carboxylic acids is 1. The second-order valence-corrected chi connectivity index (χ2v) is 5.82. The van der Waals surface area contributed by atoms with Gasteiger partial charge in [-0.1, -0.05) is 26.0 Å². The molecule has 0 aliphatic heterocycles. The normalized spacial score (nSPS) is 25.3. The molecule has 1 aromatic carbocycles. The van der Waals surface area contributed by atoms with Gasteiger partial charge in [0.15, 0.2) is 0 Å². The fourth-order valence-corrected chi connectivity index (χ4v) is 3.28. The van der Waals surface area contributed by atoms with Crippen LogP contribution in [0.3, 0.4) is 0 Å². The zero-order chi connectivity index (χ0) is 13.1. The molecule has 0 saturated heterocycles. The molecule has 2 atom stereocenters. The Kier molecular flexibility index (Phi) is 2.12. The molecule has 1 fully saturated rings. The van der Waals surface area contributed by atoms with Gasteiger partial charge in [0.1, 0.15) is 0 Å². The molecule has 0 radical (unpaired) electrons. The van der Waals surface area contributed by atoms with Gasteiger partial charge in [-0.25, -0.2) is 0 Å². The largest absolute Gasteiger partial charge is 0.481 e. The van der Waals surface area contributed by atoms with Crippen LogP contribution < -0.4 is 0 Å². The van der Waals surface area contributed by atoms with Gasteiger partial charge in [-0.2, -0.15) is 0 Å². The number of benzene rings is 1. The van der Waals surface area contributed by atoms with Crippen LogP contribution in [0.25, 0.3) is 10.9 Å². The maximum Gasteiger partial charge on any atom is 0.307 e. The molecule has 1 N–H and O–H groups in total. The minimum atomic E-state index is -0.682. The zero-order valence-electron chi connectivity index (χ0n) is 10.8. The Morgan fingerprint density at radius 2 is 2.06 bits per heavy atom. The Morgan fingerprint density at radius 1 is 1.33 bits per heavy atom. The first-order valence-corrected chi connectivity index (χ1v) is 6.21. The van der Waals surface area contributed by atoms with Gasteiger partial charge in [0.05, 0.1) is 5.92 Å². The molecule has 1 heterocycles. The van der Waals surface area contributed by atoms with Crippen LogP contribution in [-0.2, 0) is 11.8 Å². The van der Waals surface area contributed by atoms with Crippen molar-refractivity contribution in [3.8, 4) is 0 Å². The molecular weight excluding hydrogens is 226 g/mol. The number of aliphatic carboxylic acids is 1. The topological polar surface area (TPSA) is 42.2 Å². The van der Waals surface area contributed by atoms with Crippen molar-refractivity contribution in [3.05, 3.63) is 36.0 Å². The summed E-state index contributed by atoms with van der Waals surface area (Å²) in [4.78, 5) is 11.3. The van der Waals surface area contributed by atoms with E-state index in [-0.39, 0.29) is 17.3 Å². The standard InChI is InChI=1S/C15H17NO2/c1-15(2)12(13(15)14(17)18)10-5-4-6-11-9(10)7-8-16(11)3/h4-8,12-13H,1-3H3,(H,17,18)/t12-,13+/m1/s1. The van der Waals surface area contributed by atoms with Crippen molar-refractivity contribution < 1.29 is 9.90 Å². The van der Waals surface area contributed by atoms with Gasteiger partial charge in [0, 0.05) is 30.1 Å². The summed E-state index contributed by atoms with van der Waals surface area (Å²) in [7, 11) is 2.01. The monoisotopic (exact) mass is 243 g/mol. The van der Waals surface area contributed by atoms with Crippen molar-refractivity contribution in [2.24, 2.45) is 18.4 Å². The van der Waals surface area contributed by atoms with E-state index in [2.05, 4.69) is 22.8 Å². The third-order valence-corrected chi connectivity index (χ3v) is 4.39. The van der Waals surface area contributed by atoms with E-state index < -0.39 is 5.97 Å². The van der Waals surface area contributed by atoms with E-state index in [0.717, 1.165) is 0 Å². The van der Waals surface area contributed by atoms with Crippen LogP contribution in [0.1, 0.15) is 25.3 Å². The summed E-state index contributed by atoms with van der Waals surface area (Å²) in [6.45, 7) is 4.08. The van der Waals surface area contributed by atoms with Crippen LogP contribution in [0.15, 0.2) is 30.5 Å². The molecule has 0 bridgehead atoms. The number of aromatic nitrogens is 1. The van der Waals surface area contributed by atoms with Gasteiger partial charge in [-0.05, 0) is 23.1 Å². The van der Waals surface area contributed by atoms with Crippen molar-refractivity contribution in [2.45, 2.75) is 19.8 Å². The van der Waals surface area contributed by atoms with E-state index in [1.54, 1.807) is 0 Å². The quantitative estimate of drug-likeness (QED) is 0.881. The highest BCUT2D eigenvalue weighted by molar-refractivity contribution is 5.87. The minimum absolute atomic E-state index is 0.126. The average molecular weight is 243 g/mol. The van der Waals surface area contributed by atoms with Crippen LogP contribution in [0.5, 0.6) is 0 Å². The minimum Gasteiger partial charge on any atom is -0.481 e. The number of carboxylic acid groups (broad SMARTS) is 1. The predicted molar refractivity (Wildman–Crippen MR) is 70.6 cm³/mol. The smallest absolute Gasteiger partial charge is 0.307 e. The molecule has 1 aliphatic carbocycles. The third kappa shape index (κ3) is 1.33. The summed E-state index contributed by atoms with van der Waals surface area (Å²) in [6.07, 6.45) is 2.03. The maximum absolute atomic E-state index is 11.3. The summed E-state index contributed by atoms with van der Waals surface area (Å²) in [5.41, 5.74) is 2.19. The van der Waals surface area contributed by atoms with Gasteiger partial charge >= 0.3 is 5.97 Å². The van der Waals surface area contributed by atoms with Gasteiger partial charge in [-0.15, -0.1) is 0 Å². The molecule has 2 aromatic rings.